The number of rotatable bonds is 8. The quantitative estimate of drug-likeness (QED) is 0.431. The van der Waals surface area contributed by atoms with E-state index >= 15 is 0 Å². The van der Waals surface area contributed by atoms with E-state index in [1.165, 1.54) is 29.2 Å². The minimum Gasteiger partial charge on any atom is -0.368 e. The van der Waals surface area contributed by atoms with E-state index < -0.39 is 35.7 Å². The van der Waals surface area contributed by atoms with Crippen LogP contribution in [0.2, 0.25) is 0 Å². The number of carbonyl (C=O) groups is 5. The fourth-order valence-corrected chi connectivity index (χ4v) is 3.19. The van der Waals surface area contributed by atoms with Gasteiger partial charge in [-0.25, -0.2) is 0 Å². The molecule has 1 saturated heterocycles. The van der Waals surface area contributed by atoms with Crippen LogP contribution in [0.3, 0.4) is 0 Å². The Kier molecular flexibility index (Phi) is 7.51. The Morgan fingerprint density at radius 3 is 2.43 bits per heavy atom. The number of nitrogens with one attached hydrogen (secondary N) is 2. The fraction of sp³-hybridized carbons (Fsp3) is 0.450. The monoisotopic (exact) mass is 417 g/mol. The Bertz CT molecular complexity index is 856. The first-order valence-electron chi connectivity index (χ1n) is 9.71. The van der Waals surface area contributed by atoms with Crippen LogP contribution in [0, 0.1) is 5.92 Å². The summed E-state index contributed by atoms with van der Waals surface area (Å²) in [6, 6.07) is 4.51. The van der Waals surface area contributed by atoms with E-state index in [1.54, 1.807) is 6.92 Å². The Balaban J connectivity index is 2.03. The highest BCUT2D eigenvalue weighted by Crippen LogP contribution is 2.19. The Morgan fingerprint density at radius 1 is 1.17 bits per heavy atom. The molecule has 0 aliphatic carbocycles. The molecule has 0 aromatic heterocycles. The second-order valence-electron chi connectivity index (χ2n) is 7.34. The molecule has 3 unspecified atom stereocenters. The van der Waals surface area contributed by atoms with Crippen LogP contribution in [0.4, 0.5) is 0 Å². The molecule has 1 aromatic carbocycles. The highest BCUT2D eigenvalue weighted by atomic mass is 16.2. The number of likely N-dealkylation sites (tertiary alicyclic amines) is 1. The lowest BCUT2D eigenvalue weighted by molar-refractivity contribution is -0.138. The molecule has 1 aromatic rings. The first-order chi connectivity index (χ1) is 14.1. The van der Waals surface area contributed by atoms with E-state index in [0.29, 0.717) is 6.42 Å². The Hall–Kier alpha value is -3.43. The van der Waals surface area contributed by atoms with Crippen molar-refractivity contribution in [3.05, 3.63) is 35.4 Å². The third kappa shape index (κ3) is 5.56. The smallest absolute Gasteiger partial charge is 0.251 e. The lowest BCUT2D eigenvalue weighted by Gasteiger charge is -2.22. The van der Waals surface area contributed by atoms with Crippen LogP contribution in [-0.4, -0.2) is 59.6 Å². The van der Waals surface area contributed by atoms with Crippen LogP contribution in [0.5, 0.6) is 0 Å². The zero-order valence-electron chi connectivity index (χ0n) is 17.0. The van der Waals surface area contributed by atoms with Gasteiger partial charge in [0.1, 0.15) is 6.04 Å². The molecule has 0 bridgehead atoms. The first-order valence-corrected chi connectivity index (χ1v) is 9.71. The van der Waals surface area contributed by atoms with Crippen LogP contribution in [-0.2, 0) is 14.4 Å². The molecule has 30 heavy (non-hydrogen) atoms. The zero-order chi connectivity index (χ0) is 22.4. The number of nitrogens with two attached hydrogens (primary N) is 2. The molecule has 162 valence electrons. The van der Waals surface area contributed by atoms with Gasteiger partial charge in [-0.3, -0.25) is 24.0 Å². The average Bonchev–Trinajstić information content (AvgIpc) is 3.15. The molecule has 6 N–H and O–H groups in total. The van der Waals surface area contributed by atoms with Gasteiger partial charge in [-0.05, 0) is 31.0 Å². The molecular formula is C20H27N5O5. The molecule has 1 heterocycles. The summed E-state index contributed by atoms with van der Waals surface area (Å²) in [4.78, 5) is 61.3. The molecule has 0 saturated carbocycles. The number of amides is 5. The lowest BCUT2D eigenvalue weighted by atomic mass is 10.1. The van der Waals surface area contributed by atoms with Gasteiger partial charge in [0.25, 0.3) is 5.91 Å². The SMILES string of the molecule is CCC(C)C(=O)NCC(=O)N1CC(NC(=O)c2cccc(C(N)=O)c2)CC1C(N)=O. The average molecular weight is 417 g/mol. The second kappa shape index (κ2) is 9.86. The normalized spacial score (nSPS) is 19.1. The van der Waals surface area contributed by atoms with E-state index in [-0.39, 0.29) is 42.5 Å². The molecule has 1 fully saturated rings. The zero-order valence-corrected chi connectivity index (χ0v) is 17.0. The second-order valence-corrected chi connectivity index (χ2v) is 7.34. The van der Waals surface area contributed by atoms with Gasteiger partial charge in [0.2, 0.25) is 23.6 Å². The van der Waals surface area contributed by atoms with Crippen molar-refractivity contribution in [2.24, 2.45) is 17.4 Å². The molecule has 1 aliphatic heterocycles. The predicted molar refractivity (Wildman–Crippen MR) is 108 cm³/mol. The fourth-order valence-electron chi connectivity index (χ4n) is 3.19. The van der Waals surface area contributed by atoms with Gasteiger partial charge in [0.05, 0.1) is 6.54 Å². The van der Waals surface area contributed by atoms with Gasteiger partial charge in [0, 0.05) is 29.6 Å². The number of benzene rings is 1. The minimum atomic E-state index is -0.889. The van der Waals surface area contributed by atoms with Crippen LogP contribution < -0.4 is 22.1 Å². The highest BCUT2D eigenvalue weighted by molar-refractivity contribution is 5.99. The maximum absolute atomic E-state index is 12.5. The third-order valence-corrected chi connectivity index (χ3v) is 5.17. The number of hydrogen-bond donors (Lipinski definition) is 4. The number of nitrogens with zero attached hydrogens (tertiary/aromatic N) is 1. The van der Waals surface area contributed by atoms with Crippen molar-refractivity contribution < 1.29 is 24.0 Å². The molecule has 0 radical (unpaired) electrons. The summed E-state index contributed by atoms with van der Waals surface area (Å²) >= 11 is 0. The van der Waals surface area contributed by atoms with Crippen molar-refractivity contribution in [2.75, 3.05) is 13.1 Å². The summed E-state index contributed by atoms with van der Waals surface area (Å²) in [5.74, 6) is -2.75. The molecule has 10 nitrogen and oxygen atoms in total. The van der Waals surface area contributed by atoms with Crippen LogP contribution in [0.15, 0.2) is 24.3 Å². The summed E-state index contributed by atoms with van der Waals surface area (Å²) in [6.45, 7) is 3.43. The summed E-state index contributed by atoms with van der Waals surface area (Å²) in [5.41, 5.74) is 11.1. The van der Waals surface area contributed by atoms with E-state index in [0.717, 1.165) is 0 Å². The number of primary amides is 2. The maximum Gasteiger partial charge on any atom is 0.251 e. The topological polar surface area (TPSA) is 165 Å². The highest BCUT2D eigenvalue weighted by Gasteiger charge is 2.39. The standard InChI is InChI=1S/C20H27N5O5/c1-3-11(2)19(29)23-9-16(26)25-10-14(8-15(25)18(22)28)24-20(30)13-6-4-5-12(7-13)17(21)27/h4-7,11,14-15H,3,8-10H2,1-2H3,(H2,21,27)(H2,22,28)(H,23,29)(H,24,30). The van der Waals surface area contributed by atoms with Crippen molar-refractivity contribution in [1.29, 1.82) is 0 Å². The predicted octanol–water partition coefficient (Wildman–Crippen LogP) is -0.868. The van der Waals surface area contributed by atoms with E-state index in [2.05, 4.69) is 10.6 Å². The molecule has 1 aliphatic rings. The molecule has 10 heteroatoms. The van der Waals surface area contributed by atoms with Crippen molar-refractivity contribution in [1.82, 2.24) is 15.5 Å². The van der Waals surface area contributed by atoms with Gasteiger partial charge >= 0.3 is 0 Å². The number of carbonyl (C=O) groups excluding carboxylic acids is 5. The Labute approximate surface area is 174 Å². The van der Waals surface area contributed by atoms with Gasteiger partial charge in [-0.1, -0.05) is 19.9 Å². The van der Waals surface area contributed by atoms with Crippen LogP contribution >= 0.6 is 0 Å². The lowest BCUT2D eigenvalue weighted by Crippen LogP contribution is -2.48. The van der Waals surface area contributed by atoms with Crippen LogP contribution in [0.25, 0.3) is 0 Å². The molecule has 0 spiro atoms. The van der Waals surface area contributed by atoms with Gasteiger partial charge in [-0.15, -0.1) is 0 Å². The summed E-state index contributed by atoms with van der Waals surface area (Å²) in [5, 5.41) is 5.30. The maximum atomic E-state index is 12.5. The van der Waals surface area contributed by atoms with Crippen molar-refractivity contribution in [3.63, 3.8) is 0 Å². The minimum absolute atomic E-state index is 0.0763. The van der Waals surface area contributed by atoms with E-state index in [9.17, 15) is 24.0 Å². The summed E-state index contributed by atoms with van der Waals surface area (Å²) < 4.78 is 0. The molecule has 2 rings (SSSR count). The van der Waals surface area contributed by atoms with Crippen molar-refractivity contribution >= 4 is 29.5 Å². The van der Waals surface area contributed by atoms with Gasteiger partial charge in [0.15, 0.2) is 0 Å². The van der Waals surface area contributed by atoms with E-state index in [4.69, 9.17) is 11.5 Å². The first kappa shape index (κ1) is 22.9. The van der Waals surface area contributed by atoms with Gasteiger partial charge < -0.3 is 27.0 Å². The summed E-state index contributed by atoms with van der Waals surface area (Å²) in [7, 11) is 0. The number of hydrogen-bond acceptors (Lipinski definition) is 5. The van der Waals surface area contributed by atoms with Gasteiger partial charge in [-0.2, -0.15) is 0 Å². The Morgan fingerprint density at radius 2 is 1.83 bits per heavy atom. The largest absolute Gasteiger partial charge is 0.368 e. The molecular weight excluding hydrogens is 390 g/mol. The van der Waals surface area contributed by atoms with Crippen LogP contribution in [0.1, 0.15) is 47.4 Å². The van der Waals surface area contributed by atoms with E-state index in [1.807, 2.05) is 6.92 Å². The summed E-state index contributed by atoms with van der Waals surface area (Å²) in [6.07, 6.45) is 0.792. The third-order valence-electron chi connectivity index (χ3n) is 5.17. The molecule has 3 atom stereocenters. The molecule has 5 amide bonds. The van der Waals surface area contributed by atoms with Crippen molar-refractivity contribution in [3.8, 4) is 0 Å². The van der Waals surface area contributed by atoms with Crippen molar-refractivity contribution in [2.45, 2.75) is 38.8 Å².